The minimum Gasteiger partial charge on any atom is -0.465 e. The van der Waals surface area contributed by atoms with E-state index in [9.17, 15) is 9.59 Å². The average molecular weight is 491 g/mol. The minimum absolute atomic E-state index is 0.180. The summed E-state index contributed by atoms with van der Waals surface area (Å²) in [5.74, 6) is -0.477. The molecule has 0 aliphatic rings. The number of carbonyl (C=O) groups is 2. The molecule has 2 heterocycles. The highest BCUT2D eigenvalue weighted by Gasteiger charge is 2.18. The van der Waals surface area contributed by atoms with Crippen molar-refractivity contribution in [2.45, 2.75) is 13.8 Å². The van der Waals surface area contributed by atoms with Crippen LogP contribution in [0.3, 0.4) is 0 Å². The number of halogens is 2. The number of hydrogen-bond acceptors (Lipinski definition) is 6. The van der Waals surface area contributed by atoms with Gasteiger partial charge in [0.1, 0.15) is 17.1 Å². The fourth-order valence-electron chi connectivity index (χ4n) is 3.08. The Morgan fingerprint density at radius 2 is 1.85 bits per heavy atom. The highest BCUT2D eigenvalue weighted by molar-refractivity contribution is 6.44. The van der Waals surface area contributed by atoms with Gasteiger partial charge in [-0.25, -0.2) is 9.78 Å². The van der Waals surface area contributed by atoms with Crippen LogP contribution in [0.2, 0.25) is 10.0 Å². The largest absolute Gasteiger partial charge is 0.465 e. The third-order valence-corrected chi connectivity index (χ3v) is 5.74. The SMILES string of the molecule is CCOCCNc1ncc(-c2ccc(NC(=O)c3[nH]c(C)c(Cl)c3Cl)cc2)cc1C(=O)OC. The Morgan fingerprint density at radius 3 is 2.45 bits per heavy atom. The second-order valence-electron chi connectivity index (χ2n) is 7.02. The number of methoxy groups -OCH3 is 1. The monoisotopic (exact) mass is 490 g/mol. The number of benzene rings is 1. The van der Waals surface area contributed by atoms with Crippen molar-refractivity contribution in [2.24, 2.45) is 0 Å². The Balaban J connectivity index is 1.77. The van der Waals surface area contributed by atoms with Crippen LogP contribution in [0.15, 0.2) is 36.5 Å². The number of amides is 1. The highest BCUT2D eigenvalue weighted by atomic mass is 35.5. The summed E-state index contributed by atoms with van der Waals surface area (Å²) >= 11 is 12.2. The third kappa shape index (κ3) is 5.84. The molecule has 1 aromatic carbocycles. The van der Waals surface area contributed by atoms with Gasteiger partial charge in [0.2, 0.25) is 0 Å². The zero-order chi connectivity index (χ0) is 24.0. The molecule has 8 nitrogen and oxygen atoms in total. The smallest absolute Gasteiger partial charge is 0.341 e. The Bertz CT molecular complexity index is 1150. The van der Waals surface area contributed by atoms with Crippen LogP contribution < -0.4 is 10.6 Å². The van der Waals surface area contributed by atoms with E-state index in [0.717, 1.165) is 11.1 Å². The minimum atomic E-state index is -0.496. The molecular weight excluding hydrogens is 467 g/mol. The summed E-state index contributed by atoms with van der Waals surface area (Å²) in [4.78, 5) is 32.0. The molecule has 3 N–H and O–H groups in total. The van der Waals surface area contributed by atoms with E-state index in [2.05, 4.69) is 20.6 Å². The van der Waals surface area contributed by atoms with Crippen molar-refractivity contribution in [2.75, 3.05) is 37.5 Å². The number of hydrogen-bond donors (Lipinski definition) is 3. The van der Waals surface area contributed by atoms with Crippen LogP contribution in [-0.4, -0.2) is 48.7 Å². The normalized spacial score (nSPS) is 10.7. The van der Waals surface area contributed by atoms with Gasteiger partial charge < -0.3 is 25.1 Å². The number of anilines is 2. The topological polar surface area (TPSA) is 105 Å². The highest BCUT2D eigenvalue weighted by Crippen LogP contribution is 2.30. The summed E-state index contributed by atoms with van der Waals surface area (Å²) in [7, 11) is 1.32. The first kappa shape index (κ1) is 24.6. The summed E-state index contributed by atoms with van der Waals surface area (Å²) in [6.07, 6.45) is 1.66. The first-order chi connectivity index (χ1) is 15.8. The number of H-pyrrole nitrogens is 1. The third-order valence-electron chi connectivity index (χ3n) is 4.79. The van der Waals surface area contributed by atoms with E-state index in [1.807, 2.05) is 19.1 Å². The van der Waals surface area contributed by atoms with Crippen LogP contribution in [0.1, 0.15) is 33.5 Å². The Kier molecular flexibility index (Phi) is 8.32. The van der Waals surface area contributed by atoms with Crippen LogP contribution in [0, 0.1) is 6.92 Å². The van der Waals surface area contributed by atoms with Crippen molar-refractivity contribution in [1.29, 1.82) is 0 Å². The summed E-state index contributed by atoms with van der Waals surface area (Å²) in [6.45, 7) is 5.26. The zero-order valence-corrected chi connectivity index (χ0v) is 19.9. The molecule has 0 saturated heterocycles. The van der Waals surface area contributed by atoms with E-state index in [0.29, 0.717) is 47.5 Å². The van der Waals surface area contributed by atoms with Gasteiger partial charge in [-0.2, -0.15) is 0 Å². The van der Waals surface area contributed by atoms with Gasteiger partial charge in [0.05, 0.1) is 23.8 Å². The van der Waals surface area contributed by atoms with Gasteiger partial charge in [0, 0.05) is 36.3 Å². The summed E-state index contributed by atoms with van der Waals surface area (Å²) < 4.78 is 10.2. The molecule has 33 heavy (non-hydrogen) atoms. The molecule has 3 aromatic rings. The second-order valence-corrected chi connectivity index (χ2v) is 7.78. The maximum absolute atomic E-state index is 12.5. The Labute approximate surface area is 201 Å². The van der Waals surface area contributed by atoms with E-state index in [4.69, 9.17) is 32.7 Å². The van der Waals surface area contributed by atoms with E-state index in [-0.39, 0.29) is 10.7 Å². The molecule has 0 aliphatic heterocycles. The number of aromatic nitrogens is 2. The van der Waals surface area contributed by atoms with Crippen LogP contribution in [-0.2, 0) is 9.47 Å². The quantitative estimate of drug-likeness (QED) is 0.282. The molecule has 0 bridgehead atoms. The first-order valence-electron chi connectivity index (χ1n) is 10.2. The number of ether oxygens (including phenoxy) is 2. The molecular formula is C23H24Cl2N4O4. The van der Waals surface area contributed by atoms with Crippen molar-refractivity contribution in [3.05, 3.63) is 63.5 Å². The van der Waals surface area contributed by atoms with Gasteiger partial charge in [-0.15, -0.1) is 0 Å². The molecule has 0 saturated carbocycles. The second kappa shape index (κ2) is 11.2. The lowest BCUT2D eigenvalue weighted by atomic mass is 10.0. The summed E-state index contributed by atoms with van der Waals surface area (Å²) in [5, 5.41) is 6.37. The number of aryl methyl sites for hydroxylation is 1. The maximum Gasteiger partial charge on any atom is 0.341 e. The molecule has 0 fully saturated rings. The van der Waals surface area contributed by atoms with E-state index in [1.54, 1.807) is 31.3 Å². The van der Waals surface area contributed by atoms with Crippen LogP contribution >= 0.6 is 23.2 Å². The Morgan fingerprint density at radius 1 is 1.12 bits per heavy atom. The van der Waals surface area contributed by atoms with E-state index < -0.39 is 11.9 Å². The molecule has 174 valence electrons. The predicted molar refractivity (Wildman–Crippen MR) is 129 cm³/mol. The predicted octanol–water partition coefficient (Wildman–Crippen LogP) is 5.18. The van der Waals surface area contributed by atoms with Crippen LogP contribution in [0.4, 0.5) is 11.5 Å². The molecule has 0 unspecified atom stereocenters. The number of rotatable bonds is 9. The number of nitrogens with one attached hydrogen (secondary N) is 3. The summed E-state index contributed by atoms with van der Waals surface area (Å²) in [6, 6.07) is 8.81. The zero-order valence-electron chi connectivity index (χ0n) is 18.4. The molecule has 3 rings (SSSR count). The number of esters is 1. The number of nitrogens with zero attached hydrogens (tertiary/aromatic N) is 1. The fourth-order valence-corrected chi connectivity index (χ4v) is 3.50. The molecule has 0 aliphatic carbocycles. The van der Waals surface area contributed by atoms with Crippen molar-refractivity contribution >= 4 is 46.6 Å². The first-order valence-corrected chi connectivity index (χ1v) is 11.0. The lowest BCUT2D eigenvalue weighted by Gasteiger charge is -2.12. The molecule has 0 spiro atoms. The molecule has 2 aromatic heterocycles. The van der Waals surface area contributed by atoms with Crippen molar-refractivity contribution in [1.82, 2.24) is 9.97 Å². The van der Waals surface area contributed by atoms with Crippen molar-refractivity contribution in [3.8, 4) is 11.1 Å². The van der Waals surface area contributed by atoms with Gasteiger partial charge in [0.15, 0.2) is 0 Å². The molecule has 0 radical (unpaired) electrons. The molecule has 10 heteroatoms. The molecule has 0 atom stereocenters. The van der Waals surface area contributed by atoms with E-state index >= 15 is 0 Å². The van der Waals surface area contributed by atoms with Gasteiger partial charge in [-0.1, -0.05) is 35.3 Å². The molecule has 1 amide bonds. The number of carbonyl (C=O) groups excluding carboxylic acids is 2. The van der Waals surface area contributed by atoms with Gasteiger partial charge >= 0.3 is 5.97 Å². The van der Waals surface area contributed by atoms with E-state index in [1.165, 1.54) is 7.11 Å². The summed E-state index contributed by atoms with van der Waals surface area (Å²) in [5.41, 5.74) is 3.23. The van der Waals surface area contributed by atoms with Gasteiger partial charge in [0.25, 0.3) is 5.91 Å². The number of aromatic amines is 1. The lowest BCUT2D eigenvalue weighted by molar-refractivity contribution is 0.0601. The average Bonchev–Trinajstić information content (AvgIpc) is 3.09. The lowest BCUT2D eigenvalue weighted by Crippen LogP contribution is -2.14. The Hall–Kier alpha value is -3.07. The van der Waals surface area contributed by atoms with Crippen LogP contribution in [0.25, 0.3) is 11.1 Å². The number of pyridine rings is 1. The maximum atomic E-state index is 12.5. The van der Waals surface area contributed by atoms with Crippen molar-refractivity contribution in [3.63, 3.8) is 0 Å². The van der Waals surface area contributed by atoms with Gasteiger partial charge in [-0.05, 0) is 37.6 Å². The van der Waals surface area contributed by atoms with Crippen molar-refractivity contribution < 1.29 is 19.1 Å². The standard InChI is InChI=1S/C23H24Cl2N4O4/c1-4-33-10-9-26-21-17(23(31)32-3)11-15(12-27-21)14-5-7-16(8-6-14)29-22(30)20-19(25)18(24)13(2)28-20/h5-8,11-12,28H,4,9-10H2,1-3H3,(H,26,27)(H,29,30). The fraction of sp³-hybridized carbons (Fsp3) is 0.261. The van der Waals surface area contributed by atoms with Crippen LogP contribution in [0.5, 0.6) is 0 Å². The van der Waals surface area contributed by atoms with Gasteiger partial charge in [-0.3, -0.25) is 4.79 Å².